The van der Waals surface area contributed by atoms with Gasteiger partial charge in [0.05, 0.1) is 12.6 Å². The average molecular weight is 753 g/mol. The van der Waals surface area contributed by atoms with Crippen LogP contribution in [0.1, 0.15) is 123 Å². The zero-order valence-corrected chi connectivity index (χ0v) is 36.4. The molecule has 4 aromatic rings. The van der Waals surface area contributed by atoms with E-state index >= 15 is 0 Å². The summed E-state index contributed by atoms with van der Waals surface area (Å²) in [6.45, 7) is 40.3. The van der Waals surface area contributed by atoms with Gasteiger partial charge in [-0.2, -0.15) is 5.26 Å². The summed E-state index contributed by atoms with van der Waals surface area (Å²) < 4.78 is 26.1. The van der Waals surface area contributed by atoms with Crippen LogP contribution in [0.3, 0.4) is 0 Å². The smallest absolute Gasteiger partial charge is 0.275 e. The zero-order valence-electron chi connectivity index (χ0n) is 34.4. The first-order chi connectivity index (χ1) is 24.6. The fourth-order valence-corrected chi connectivity index (χ4v) is 7.44. The topological polar surface area (TPSA) is 65.1 Å². The fourth-order valence-electron chi connectivity index (χ4n) is 6.30. The molecule has 8 heteroatoms. The highest BCUT2D eigenvalue weighted by molar-refractivity contribution is 7.27. The van der Waals surface area contributed by atoms with Crippen molar-refractivity contribution in [3.63, 3.8) is 0 Å². The maximum Gasteiger partial charge on any atom is 0.275 e. The lowest BCUT2D eigenvalue weighted by Crippen LogP contribution is -2.22. The van der Waals surface area contributed by atoms with Crippen molar-refractivity contribution in [2.75, 3.05) is 0 Å². The second-order valence-corrected chi connectivity index (χ2v) is 18.5. The van der Waals surface area contributed by atoms with Gasteiger partial charge in [-0.25, -0.2) is 4.85 Å². The van der Waals surface area contributed by atoms with Crippen molar-refractivity contribution in [1.29, 1.82) is 5.26 Å². The number of rotatable bonds is 9. The minimum Gasteiger partial charge on any atom is -0.441 e. The Kier molecular flexibility index (Phi) is 14.2. The van der Waals surface area contributed by atoms with Gasteiger partial charge in [-0.1, -0.05) is 126 Å². The third kappa shape index (κ3) is 11.0. The van der Waals surface area contributed by atoms with Gasteiger partial charge in [0.15, 0.2) is 5.69 Å². The maximum absolute atomic E-state index is 7.32. The molecule has 0 aliphatic heterocycles. The molecule has 0 spiro atoms. The highest BCUT2D eigenvalue weighted by Crippen LogP contribution is 2.54. The van der Waals surface area contributed by atoms with E-state index in [1.165, 1.54) is 18.1 Å². The van der Waals surface area contributed by atoms with Gasteiger partial charge in [-0.05, 0) is 82.0 Å². The lowest BCUT2D eigenvalue weighted by Gasteiger charge is -2.35. The minimum atomic E-state index is -0.312. The van der Waals surface area contributed by atoms with E-state index in [0.29, 0.717) is 11.4 Å². The third-order valence-corrected chi connectivity index (χ3v) is 10.1. The number of hydrogen-bond donors (Lipinski definition) is 0. The second kappa shape index (κ2) is 17.4. The molecule has 0 aliphatic rings. The van der Waals surface area contributed by atoms with E-state index in [-0.39, 0.29) is 39.7 Å². The molecule has 0 N–H and O–H groups in total. The van der Waals surface area contributed by atoms with Gasteiger partial charge in [0.25, 0.3) is 18.1 Å². The van der Waals surface area contributed by atoms with Crippen LogP contribution in [-0.4, -0.2) is 0 Å². The summed E-state index contributed by atoms with van der Waals surface area (Å²) in [4.78, 5) is 3.51. The van der Waals surface area contributed by atoms with E-state index in [4.69, 9.17) is 29.9 Å². The highest BCUT2D eigenvalue weighted by atomic mass is 31.1. The molecule has 0 saturated heterocycles. The van der Waals surface area contributed by atoms with Gasteiger partial charge in [-0.15, -0.1) is 0 Å². The number of para-hydroxylation sites is 1. The summed E-state index contributed by atoms with van der Waals surface area (Å²) in [5.74, 6) is 3.03. The molecular formula is C45H58N2O4P2. The van der Waals surface area contributed by atoms with E-state index in [1.807, 2.05) is 42.5 Å². The van der Waals surface area contributed by atoms with Gasteiger partial charge in [0, 0.05) is 29.2 Å². The molecule has 2 atom stereocenters. The number of hydrogen-bond acceptors (Lipinski definition) is 5. The predicted molar refractivity (Wildman–Crippen MR) is 226 cm³/mol. The minimum absolute atomic E-state index is 0.133. The summed E-state index contributed by atoms with van der Waals surface area (Å²) in [6, 6.07) is 23.4. The maximum atomic E-state index is 7.32. The molecule has 0 amide bonds. The van der Waals surface area contributed by atoms with Crippen molar-refractivity contribution in [3.8, 4) is 40.2 Å². The summed E-state index contributed by atoms with van der Waals surface area (Å²) in [6.07, 6.45) is 0. The Morgan fingerprint density at radius 1 is 0.547 bits per heavy atom. The molecule has 0 saturated carbocycles. The fraction of sp³-hybridized carbons (Fsp3) is 0.422. The number of nitrogens with zero attached hydrogens (tertiary/aromatic N) is 2. The SMILES string of the molecule is CC#N.[C-]#[N+]c1ccc(OPOc2c(C(C)(C)C)cc(C(C)(C)C)c(C)c2-c2c(C)c(C(C)(C)C)cc(C(C)(C)C)c2OPOc2ccccc2)cc1. The molecule has 4 aromatic carbocycles. The van der Waals surface area contributed by atoms with Crippen LogP contribution in [0.15, 0.2) is 66.7 Å². The quantitative estimate of drug-likeness (QED) is 0.126. The largest absolute Gasteiger partial charge is 0.441 e. The first-order valence-electron chi connectivity index (χ1n) is 17.9. The van der Waals surface area contributed by atoms with Gasteiger partial charge >= 0.3 is 0 Å². The first-order valence-corrected chi connectivity index (χ1v) is 19.6. The summed E-state index contributed by atoms with van der Waals surface area (Å²) in [5.41, 5.74) is 8.92. The molecule has 53 heavy (non-hydrogen) atoms. The Morgan fingerprint density at radius 3 is 1.21 bits per heavy atom. The van der Waals surface area contributed by atoms with Crippen LogP contribution in [0.25, 0.3) is 16.0 Å². The number of nitriles is 1. The van der Waals surface area contributed by atoms with Gasteiger partial charge in [0.2, 0.25) is 0 Å². The summed E-state index contributed by atoms with van der Waals surface area (Å²) >= 11 is 0. The van der Waals surface area contributed by atoms with E-state index in [0.717, 1.165) is 50.6 Å². The molecule has 6 nitrogen and oxygen atoms in total. The van der Waals surface area contributed by atoms with E-state index < -0.39 is 0 Å². The molecule has 4 rings (SSSR count). The van der Waals surface area contributed by atoms with Crippen LogP contribution in [-0.2, 0) is 21.7 Å². The molecular weight excluding hydrogens is 694 g/mol. The van der Waals surface area contributed by atoms with E-state index in [2.05, 4.69) is 114 Å². The molecule has 0 radical (unpaired) electrons. The highest BCUT2D eigenvalue weighted by Gasteiger charge is 2.35. The first kappa shape index (κ1) is 43.3. The molecule has 0 aromatic heterocycles. The van der Waals surface area contributed by atoms with E-state index in [9.17, 15) is 0 Å². The Morgan fingerprint density at radius 2 is 0.887 bits per heavy atom. The van der Waals surface area contributed by atoms with Crippen molar-refractivity contribution in [2.45, 2.75) is 126 Å². The average Bonchev–Trinajstić information content (AvgIpc) is 3.04. The lowest BCUT2D eigenvalue weighted by molar-refractivity contribution is 0.484. The number of benzene rings is 4. The standard InChI is InChI=1S/C43H55NO4P2.C2H3N/c1-27-32(40(3,4)5)25-34(42(9,10)11)38(47-49-45-30-19-17-16-18-20-30)36(27)37-28(2)33(41(6,7)8)26-35(43(12,13)14)39(37)48-50-46-31-23-21-29(44-15)22-24-31;1-2-3/h16-26,49-50H,1-14H3;1H3. The van der Waals surface area contributed by atoms with Crippen LogP contribution < -0.4 is 18.1 Å². The monoisotopic (exact) mass is 752 g/mol. The normalized spacial score (nSPS) is 12.2. The second-order valence-electron chi connectivity index (χ2n) is 17.3. The van der Waals surface area contributed by atoms with Gasteiger partial charge < -0.3 is 18.1 Å². The van der Waals surface area contributed by atoms with E-state index in [1.54, 1.807) is 18.2 Å². The Hall–Kier alpha value is -4.08. The van der Waals surface area contributed by atoms with Crippen molar-refractivity contribution >= 4 is 23.8 Å². The summed E-state index contributed by atoms with van der Waals surface area (Å²) in [7, 11) is -0.566. The van der Waals surface area contributed by atoms with Crippen molar-refractivity contribution in [2.24, 2.45) is 0 Å². The molecule has 282 valence electrons. The van der Waals surface area contributed by atoms with Crippen LogP contribution in [0.4, 0.5) is 5.69 Å². The zero-order chi connectivity index (χ0) is 39.9. The van der Waals surface area contributed by atoms with Crippen LogP contribution in [0, 0.1) is 31.8 Å². The lowest BCUT2D eigenvalue weighted by atomic mass is 9.72. The molecule has 0 fully saturated rings. The van der Waals surface area contributed by atoms with Crippen LogP contribution >= 0.6 is 18.1 Å². The molecule has 0 heterocycles. The Bertz CT molecular complexity index is 1950. The third-order valence-electron chi connectivity index (χ3n) is 8.88. The van der Waals surface area contributed by atoms with Gasteiger partial charge in [0.1, 0.15) is 23.0 Å². The molecule has 2 unspecified atom stereocenters. The Labute approximate surface area is 323 Å². The molecule has 0 aliphatic carbocycles. The summed E-state index contributed by atoms with van der Waals surface area (Å²) in [5, 5.41) is 7.32. The van der Waals surface area contributed by atoms with Crippen LogP contribution in [0.5, 0.6) is 23.0 Å². The van der Waals surface area contributed by atoms with Gasteiger partial charge in [-0.3, -0.25) is 0 Å². The van der Waals surface area contributed by atoms with Crippen molar-refractivity contribution in [3.05, 3.63) is 112 Å². The predicted octanol–water partition coefficient (Wildman–Crippen LogP) is 14.2. The van der Waals surface area contributed by atoms with Crippen LogP contribution in [0.2, 0.25) is 0 Å². The molecule has 0 bridgehead atoms. The Balaban J connectivity index is 0.00000243. The van der Waals surface area contributed by atoms with Crippen molar-refractivity contribution in [1.82, 2.24) is 0 Å². The van der Waals surface area contributed by atoms with Crippen molar-refractivity contribution < 1.29 is 18.1 Å².